The monoisotopic (exact) mass is 376 g/mol. The predicted octanol–water partition coefficient (Wildman–Crippen LogP) is 3.12. The molecule has 2 N–H and O–H groups in total. The van der Waals surface area contributed by atoms with Gasteiger partial charge in [0, 0.05) is 6.54 Å². The zero-order valence-corrected chi connectivity index (χ0v) is 16.2. The molecular weight excluding hydrogens is 352 g/mol. The number of methoxy groups -OCH3 is 1. The van der Waals surface area contributed by atoms with E-state index < -0.39 is 10.0 Å². The SMILES string of the molecule is CCNC(=O)c1cc(S(=O)(=O)Nc2c(C)cccc2CC)ccc1OC. The maximum atomic E-state index is 12.9. The molecule has 2 aromatic rings. The molecule has 7 heteroatoms. The number of hydrogen-bond donors (Lipinski definition) is 2. The summed E-state index contributed by atoms with van der Waals surface area (Å²) < 4.78 is 33.6. The van der Waals surface area contributed by atoms with Crippen LogP contribution < -0.4 is 14.8 Å². The second kappa shape index (κ2) is 8.23. The molecule has 1 amide bonds. The molecule has 0 heterocycles. The maximum absolute atomic E-state index is 12.9. The number of carbonyl (C=O) groups excluding carboxylic acids is 1. The minimum absolute atomic E-state index is 0.00450. The van der Waals surface area contributed by atoms with Crippen molar-refractivity contribution in [3.8, 4) is 5.75 Å². The van der Waals surface area contributed by atoms with Crippen LogP contribution in [-0.2, 0) is 16.4 Å². The molecule has 0 aliphatic carbocycles. The first kappa shape index (κ1) is 19.8. The summed E-state index contributed by atoms with van der Waals surface area (Å²) in [6.07, 6.45) is 0.701. The molecular formula is C19H24N2O4S. The van der Waals surface area contributed by atoms with Crippen molar-refractivity contribution in [3.05, 3.63) is 53.1 Å². The first-order valence-electron chi connectivity index (χ1n) is 8.41. The summed E-state index contributed by atoms with van der Waals surface area (Å²) in [5.41, 5.74) is 2.50. The van der Waals surface area contributed by atoms with Crippen molar-refractivity contribution in [1.82, 2.24) is 5.32 Å². The molecule has 0 aliphatic rings. The average molecular weight is 376 g/mol. The number of anilines is 1. The van der Waals surface area contributed by atoms with Gasteiger partial charge < -0.3 is 10.1 Å². The van der Waals surface area contributed by atoms with Crippen LogP contribution in [0.15, 0.2) is 41.3 Å². The van der Waals surface area contributed by atoms with Gasteiger partial charge in [0.25, 0.3) is 15.9 Å². The van der Waals surface area contributed by atoms with Gasteiger partial charge in [-0.3, -0.25) is 9.52 Å². The number of benzene rings is 2. The summed E-state index contributed by atoms with van der Waals surface area (Å²) in [6.45, 7) is 6.04. The van der Waals surface area contributed by atoms with Crippen molar-refractivity contribution in [3.63, 3.8) is 0 Å². The summed E-state index contributed by atoms with van der Waals surface area (Å²) in [5.74, 6) is -0.0634. The molecule has 26 heavy (non-hydrogen) atoms. The Balaban J connectivity index is 2.47. The van der Waals surface area contributed by atoms with Crippen molar-refractivity contribution in [2.45, 2.75) is 32.1 Å². The topological polar surface area (TPSA) is 84.5 Å². The van der Waals surface area contributed by atoms with Gasteiger partial charge in [0.05, 0.1) is 23.3 Å². The summed E-state index contributed by atoms with van der Waals surface area (Å²) in [4.78, 5) is 12.2. The van der Waals surface area contributed by atoms with Gasteiger partial charge in [-0.25, -0.2) is 8.42 Å². The molecule has 0 radical (unpaired) electrons. The second-order valence-corrected chi connectivity index (χ2v) is 7.47. The molecule has 0 saturated carbocycles. The Kier molecular flexibility index (Phi) is 6.26. The lowest BCUT2D eigenvalue weighted by Crippen LogP contribution is -2.24. The minimum atomic E-state index is -3.85. The van der Waals surface area contributed by atoms with E-state index in [1.54, 1.807) is 6.92 Å². The highest BCUT2D eigenvalue weighted by Crippen LogP contribution is 2.27. The quantitative estimate of drug-likeness (QED) is 0.778. The maximum Gasteiger partial charge on any atom is 0.261 e. The average Bonchev–Trinajstić information content (AvgIpc) is 2.62. The molecule has 2 rings (SSSR count). The Morgan fingerprint density at radius 3 is 2.50 bits per heavy atom. The Labute approximate surface area is 154 Å². The Bertz CT molecular complexity index is 908. The first-order valence-corrected chi connectivity index (χ1v) is 9.89. The largest absolute Gasteiger partial charge is 0.496 e. The van der Waals surface area contributed by atoms with E-state index >= 15 is 0 Å². The molecule has 0 fully saturated rings. The van der Waals surface area contributed by atoms with Crippen molar-refractivity contribution < 1.29 is 17.9 Å². The molecule has 0 spiro atoms. The molecule has 0 aliphatic heterocycles. The molecule has 2 aromatic carbocycles. The Morgan fingerprint density at radius 1 is 1.15 bits per heavy atom. The molecule has 0 bridgehead atoms. The van der Waals surface area contributed by atoms with Crippen molar-refractivity contribution in [1.29, 1.82) is 0 Å². The van der Waals surface area contributed by atoms with Gasteiger partial charge in [-0.15, -0.1) is 0 Å². The predicted molar refractivity (Wildman–Crippen MR) is 102 cm³/mol. The fourth-order valence-corrected chi connectivity index (χ4v) is 3.85. The number of para-hydroxylation sites is 1. The van der Waals surface area contributed by atoms with E-state index in [-0.39, 0.29) is 16.4 Å². The van der Waals surface area contributed by atoms with Crippen molar-refractivity contribution in [2.24, 2.45) is 0 Å². The highest BCUT2D eigenvalue weighted by atomic mass is 32.2. The number of ether oxygens (including phenoxy) is 1. The second-order valence-electron chi connectivity index (χ2n) is 5.79. The normalized spacial score (nSPS) is 11.1. The fraction of sp³-hybridized carbons (Fsp3) is 0.316. The molecule has 140 valence electrons. The number of carbonyl (C=O) groups is 1. The number of sulfonamides is 1. The van der Waals surface area contributed by atoms with Gasteiger partial charge in [-0.1, -0.05) is 25.1 Å². The standard InChI is InChI=1S/C19H24N2O4S/c1-5-14-9-7-8-13(3)18(14)21-26(23,24)15-10-11-17(25-4)16(12-15)19(22)20-6-2/h7-12,21H,5-6H2,1-4H3,(H,20,22). The van der Waals surface area contributed by atoms with Crippen LogP contribution in [0.25, 0.3) is 0 Å². The highest BCUT2D eigenvalue weighted by Gasteiger charge is 2.21. The zero-order chi connectivity index (χ0) is 19.3. The summed E-state index contributed by atoms with van der Waals surface area (Å²) in [7, 11) is -2.41. The summed E-state index contributed by atoms with van der Waals surface area (Å²) >= 11 is 0. The number of nitrogens with one attached hydrogen (secondary N) is 2. The Morgan fingerprint density at radius 2 is 1.88 bits per heavy atom. The van der Waals surface area contributed by atoms with Crippen LogP contribution in [0.5, 0.6) is 5.75 Å². The van der Waals surface area contributed by atoms with E-state index in [0.717, 1.165) is 11.1 Å². The van der Waals surface area contributed by atoms with Crippen LogP contribution in [0, 0.1) is 6.92 Å². The Hall–Kier alpha value is -2.54. The van der Waals surface area contributed by atoms with Crippen LogP contribution in [0.4, 0.5) is 5.69 Å². The van der Waals surface area contributed by atoms with Gasteiger partial charge in [-0.2, -0.15) is 0 Å². The van der Waals surface area contributed by atoms with Gasteiger partial charge in [-0.05, 0) is 49.6 Å². The third-order valence-electron chi connectivity index (χ3n) is 4.04. The fourth-order valence-electron chi connectivity index (χ4n) is 2.65. The van der Waals surface area contributed by atoms with Crippen LogP contribution in [0.3, 0.4) is 0 Å². The van der Waals surface area contributed by atoms with Crippen LogP contribution >= 0.6 is 0 Å². The van der Waals surface area contributed by atoms with E-state index in [0.29, 0.717) is 24.4 Å². The van der Waals surface area contributed by atoms with Crippen molar-refractivity contribution >= 4 is 21.6 Å². The lowest BCUT2D eigenvalue weighted by molar-refractivity contribution is 0.0952. The van der Waals surface area contributed by atoms with Gasteiger partial charge >= 0.3 is 0 Å². The van der Waals surface area contributed by atoms with Gasteiger partial charge in [0.1, 0.15) is 5.75 Å². The molecule has 0 atom stereocenters. The third-order valence-corrected chi connectivity index (χ3v) is 5.39. The number of aryl methyl sites for hydroxylation is 2. The van der Waals surface area contributed by atoms with Crippen LogP contribution in [0.2, 0.25) is 0 Å². The van der Waals surface area contributed by atoms with E-state index in [2.05, 4.69) is 10.0 Å². The zero-order valence-electron chi connectivity index (χ0n) is 15.4. The van der Waals surface area contributed by atoms with E-state index in [9.17, 15) is 13.2 Å². The third kappa shape index (κ3) is 4.16. The van der Waals surface area contributed by atoms with Crippen LogP contribution in [0.1, 0.15) is 35.3 Å². The van der Waals surface area contributed by atoms with Crippen molar-refractivity contribution in [2.75, 3.05) is 18.4 Å². The van der Waals surface area contributed by atoms with E-state index in [1.165, 1.54) is 25.3 Å². The van der Waals surface area contributed by atoms with Crippen LogP contribution in [-0.4, -0.2) is 28.0 Å². The lowest BCUT2D eigenvalue weighted by Gasteiger charge is -2.16. The van der Waals surface area contributed by atoms with Gasteiger partial charge in [0.15, 0.2) is 0 Å². The number of rotatable bonds is 7. The highest BCUT2D eigenvalue weighted by molar-refractivity contribution is 7.92. The summed E-state index contributed by atoms with van der Waals surface area (Å²) in [6, 6.07) is 9.87. The molecule has 0 aromatic heterocycles. The summed E-state index contributed by atoms with van der Waals surface area (Å²) in [5, 5.41) is 2.66. The lowest BCUT2D eigenvalue weighted by atomic mass is 10.1. The number of amides is 1. The van der Waals surface area contributed by atoms with Gasteiger partial charge in [0.2, 0.25) is 0 Å². The van der Waals surface area contributed by atoms with E-state index in [4.69, 9.17) is 4.74 Å². The molecule has 0 unspecified atom stereocenters. The molecule has 0 saturated heterocycles. The molecule has 6 nitrogen and oxygen atoms in total. The van der Waals surface area contributed by atoms with E-state index in [1.807, 2.05) is 32.0 Å². The smallest absolute Gasteiger partial charge is 0.261 e. The first-order chi connectivity index (χ1) is 12.3. The number of hydrogen-bond acceptors (Lipinski definition) is 4. The minimum Gasteiger partial charge on any atom is -0.496 e.